The summed E-state index contributed by atoms with van der Waals surface area (Å²) in [6.45, 7) is 7.96. The van der Waals surface area contributed by atoms with Crippen LogP contribution in [0, 0.1) is 0 Å². The smallest absolute Gasteiger partial charge is 0.246 e. The predicted octanol–water partition coefficient (Wildman–Crippen LogP) is 2.04. The van der Waals surface area contributed by atoms with E-state index in [4.69, 9.17) is 23.2 Å². The highest BCUT2D eigenvalue weighted by atomic mass is 35.5. The molecule has 2 amide bonds. The third-order valence-corrected chi connectivity index (χ3v) is 6.02. The Morgan fingerprint density at radius 1 is 1.14 bits per heavy atom. The van der Waals surface area contributed by atoms with Gasteiger partial charge in [-0.05, 0) is 18.6 Å². The molecule has 2 N–H and O–H groups in total. The number of halogens is 2. The van der Waals surface area contributed by atoms with Crippen LogP contribution in [-0.4, -0.2) is 83.5 Å². The van der Waals surface area contributed by atoms with Crippen LogP contribution in [-0.2, 0) is 9.59 Å². The number of phenolic OH excluding ortho intramolecular Hbond substituents is 1. The SMILES string of the molecule is C=CC(=O)N1CCN(C2CCN(C(=O)CNc3cc(Cl)c(Cl)cc3O)C2)CC1. The topological polar surface area (TPSA) is 76.1 Å². The largest absolute Gasteiger partial charge is 0.506 e. The third kappa shape index (κ3) is 4.71. The molecule has 9 heteroatoms. The zero-order valence-corrected chi connectivity index (χ0v) is 17.0. The molecule has 0 saturated carbocycles. The molecule has 0 aliphatic carbocycles. The first-order valence-electron chi connectivity index (χ1n) is 9.24. The summed E-state index contributed by atoms with van der Waals surface area (Å²) < 4.78 is 0. The maximum Gasteiger partial charge on any atom is 0.246 e. The van der Waals surface area contributed by atoms with Gasteiger partial charge in [-0.2, -0.15) is 0 Å². The Hall–Kier alpha value is -1.96. The van der Waals surface area contributed by atoms with E-state index < -0.39 is 0 Å². The molecule has 1 atom stereocenters. The first-order valence-corrected chi connectivity index (χ1v) is 9.99. The van der Waals surface area contributed by atoms with Crippen LogP contribution < -0.4 is 5.32 Å². The van der Waals surface area contributed by atoms with Gasteiger partial charge in [0.25, 0.3) is 0 Å². The van der Waals surface area contributed by atoms with E-state index in [1.807, 2.05) is 4.90 Å². The summed E-state index contributed by atoms with van der Waals surface area (Å²) in [5, 5.41) is 13.4. The van der Waals surface area contributed by atoms with Gasteiger partial charge in [-0.15, -0.1) is 0 Å². The number of aromatic hydroxyl groups is 1. The Balaban J connectivity index is 1.48. The molecule has 0 bridgehead atoms. The Bertz CT molecular complexity index is 766. The van der Waals surface area contributed by atoms with Gasteiger partial charge in [-0.1, -0.05) is 29.8 Å². The normalized spacial score (nSPS) is 20.3. The van der Waals surface area contributed by atoms with Gasteiger partial charge in [0.2, 0.25) is 11.8 Å². The standard InChI is InChI=1S/C19H24Cl2N4O3/c1-2-18(27)24-7-5-23(6-8-24)13-3-4-25(12-13)19(28)11-22-16-9-14(20)15(21)10-17(16)26/h2,9-10,13,22,26H,1,3-8,11-12H2. The molecule has 1 unspecified atom stereocenters. The zero-order chi connectivity index (χ0) is 20.3. The van der Waals surface area contributed by atoms with Crippen LogP contribution >= 0.6 is 23.2 Å². The number of carbonyl (C=O) groups is 2. The fourth-order valence-electron chi connectivity index (χ4n) is 3.66. The van der Waals surface area contributed by atoms with E-state index in [9.17, 15) is 14.7 Å². The van der Waals surface area contributed by atoms with E-state index in [1.165, 1.54) is 18.2 Å². The minimum absolute atomic E-state index is 0.0282. The van der Waals surface area contributed by atoms with Crippen molar-refractivity contribution >= 4 is 40.7 Å². The number of rotatable bonds is 5. The van der Waals surface area contributed by atoms with Gasteiger partial charge < -0.3 is 20.2 Å². The lowest BCUT2D eigenvalue weighted by molar-refractivity contribution is -0.128. The van der Waals surface area contributed by atoms with Crippen LogP contribution in [0.25, 0.3) is 0 Å². The van der Waals surface area contributed by atoms with Crippen LogP contribution in [0.5, 0.6) is 5.75 Å². The molecule has 2 aliphatic rings. The fraction of sp³-hybridized carbons (Fsp3) is 0.474. The average molecular weight is 427 g/mol. The van der Waals surface area contributed by atoms with Crippen molar-refractivity contribution in [1.29, 1.82) is 0 Å². The van der Waals surface area contributed by atoms with Gasteiger partial charge in [0.1, 0.15) is 5.75 Å². The fourth-order valence-corrected chi connectivity index (χ4v) is 3.99. The van der Waals surface area contributed by atoms with Gasteiger partial charge in [0, 0.05) is 51.4 Å². The lowest BCUT2D eigenvalue weighted by Crippen LogP contribution is -2.52. The number of benzene rings is 1. The summed E-state index contributed by atoms with van der Waals surface area (Å²) >= 11 is 11.8. The highest BCUT2D eigenvalue weighted by Gasteiger charge is 2.32. The van der Waals surface area contributed by atoms with Gasteiger partial charge in [-0.3, -0.25) is 14.5 Å². The molecule has 0 aromatic heterocycles. The van der Waals surface area contributed by atoms with Crippen molar-refractivity contribution in [3.8, 4) is 5.75 Å². The van der Waals surface area contributed by atoms with Crippen molar-refractivity contribution in [2.45, 2.75) is 12.5 Å². The Morgan fingerprint density at radius 3 is 2.50 bits per heavy atom. The van der Waals surface area contributed by atoms with Crippen molar-refractivity contribution in [3.05, 3.63) is 34.8 Å². The molecule has 0 spiro atoms. The molecule has 3 rings (SSSR count). The number of nitrogens with zero attached hydrogens (tertiary/aromatic N) is 3. The summed E-state index contributed by atoms with van der Waals surface area (Å²) in [4.78, 5) is 30.2. The molecule has 0 radical (unpaired) electrons. The maximum atomic E-state index is 12.5. The van der Waals surface area contributed by atoms with Gasteiger partial charge >= 0.3 is 0 Å². The minimum Gasteiger partial charge on any atom is -0.506 e. The molecular weight excluding hydrogens is 403 g/mol. The van der Waals surface area contributed by atoms with Crippen LogP contribution in [0.4, 0.5) is 5.69 Å². The molecule has 2 heterocycles. The monoisotopic (exact) mass is 426 g/mol. The lowest BCUT2D eigenvalue weighted by Gasteiger charge is -2.37. The second-order valence-corrected chi connectivity index (χ2v) is 7.80. The molecule has 2 saturated heterocycles. The van der Waals surface area contributed by atoms with Crippen LogP contribution in [0.15, 0.2) is 24.8 Å². The number of likely N-dealkylation sites (tertiary alicyclic amines) is 1. The number of hydrogen-bond donors (Lipinski definition) is 2. The molecule has 2 fully saturated rings. The van der Waals surface area contributed by atoms with Crippen molar-refractivity contribution in [1.82, 2.24) is 14.7 Å². The third-order valence-electron chi connectivity index (χ3n) is 5.30. The average Bonchev–Trinajstić information content (AvgIpc) is 3.19. The van der Waals surface area contributed by atoms with Gasteiger partial charge in [0.05, 0.1) is 22.3 Å². The Kier molecular flexibility index (Phi) is 6.69. The number of carbonyl (C=O) groups excluding carboxylic acids is 2. The summed E-state index contributed by atoms with van der Waals surface area (Å²) in [7, 11) is 0. The highest BCUT2D eigenvalue weighted by molar-refractivity contribution is 6.42. The van der Waals surface area contributed by atoms with E-state index in [0.717, 1.165) is 19.5 Å². The highest BCUT2D eigenvalue weighted by Crippen LogP contribution is 2.33. The summed E-state index contributed by atoms with van der Waals surface area (Å²) in [5.74, 6) is -0.110. The van der Waals surface area contributed by atoms with E-state index >= 15 is 0 Å². The lowest BCUT2D eigenvalue weighted by atomic mass is 10.2. The van der Waals surface area contributed by atoms with Crippen LogP contribution in [0.2, 0.25) is 10.0 Å². The van der Waals surface area contributed by atoms with E-state index in [0.29, 0.717) is 42.9 Å². The molecule has 2 aliphatic heterocycles. The van der Waals surface area contributed by atoms with E-state index in [-0.39, 0.29) is 29.1 Å². The second-order valence-electron chi connectivity index (χ2n) is 6.98. The van der Waals surface area contributed by atoms with E-state index in [1.54, 1.807) is 4.90 Å². The van der Waals surface area contributed by atoms with Gasteiger partial charge in [-0.25, -0.2) is 0 Å². The van der Waals surface area contributed by atoms with Crippen molar-refractivity contribution < 1.29 is 14.7 Å². The number of anilines is 1. The predicted molar refractivity (Wildman–Crippen MR) is 110 cm³/mol. The van der Waals surface area contributed by atoms with Crippen molar-refractivity contribution in [2.75, 3.05) is 51.1 Å². The van der Waals surface area contributed by atoms with Crippen LogP contribution in [0.1, 0.15) is 6.42 Å². The molecule has 28 heavy (non-hydrogen) atoms. The number of amides is 2. The number of phenols is 1. The Morgan fingerprint density at radius 2 is 1.82 bits per heavy atom. The van der Waals surface area contributed by atoms with E-state index in [2.05, 4.69) is 16.8 Å². The van der Waals surface area contributed by atoms with Gasteiger partial charge in [0.15, 0.2) is 0 Å². The molecule has 1 aromatic rings. The maximum absolute atomic E-state index is 12.5. The number of piperazine rings is 1. The summed E-state index contributed by atoms with van der Waals surface area (Å²) in [6, 6.07) is 3.16. The zero-order valence-electron chi connectivity index (χ0n) is 15.5. The second kappa shape index (κ2) is 9.03. The molecule has 1 aromatic carbocycles. The Labute approximate surface area is 174 Å². The summed E-state index contributed by atoms with van der Waals surface area (Å²) in [5.41, 5.74) is 0.376. The summed E-state index contributed by atoms with van der Waals surface area (Å²) in [6.07, 6.45) is 2.27. The first kappa shape index (κ1) is 20.8. The van der Waals surface area contributed by atoms with Crippen molar-refractivity contribution in [3.63, 3.8) is 0 Å². The number of hydrogen-bond acceptors (Lipinski definition) is 5. The minimum atomic E-state index is -0.0477. The number of nitrogens with one attached hydrogen (secondary N) is 1. The molecule has 152 valence electrons. The first-order chi connectivity index (χ1) is 13.4. The van der Waals surface area contributed by atoms with Crippen molar-refractivity contribution in [2.24, 2.45) is 0 Å². The van der Waals surface area contributed by atoms with Crippen LogP contribution in [0.3, 0.4) is 0 Å². The molecule has 7 nitrogen and oxygen atoms in total. The molecular formula is C19H24Cl2N4O3. The quantitative estimate of drug-likeness (QED) is 0.556.